The molecule has 136 valence electrons. The Hall–Kier alpha value is -1.68. The van der Waals surface area contributed by atoms with E-state index >= 15 is 0 Å². The number of alkyl halides is 1. The summed E-state index contributed by atoms with van der Waals surface area (Å²) in [5.74, 6) is -2.52. The monoisotopic (exact) mass is 410 g/mol. The van der Waals surface area contributed by atoms with Gasteiger partial charge >= 0.3 is 23.9 Å². The highest BCUT2D eigenvalue weighted by atomic mass is 79.9. The van der Waals surface area contributed by atoms with Crippen molar-refractivity contribution in [1.82, 2.24) is 0 Å². The third-order valence-corrected chi connectivity index (χ3v) is 3.67. The summed E-state index contributed by atoms with van der Waals surface area (Å²) in [6.07, 6.45) is -4.22. The molecule has 24 heavy (non-hydrogen) atoms. The van der Waals surface area contributed by atoms with Gasteiger partial charge in [0.2, 0.25) is 0 Å². The Kier molecular flexibility index (Phi) is 7.61. The summed E-state index contributed by atoms with van der Waals surface area (Å²) in [6, 6.07) is 0. The van der Waals surface area contributed by atoms with Gasteiger partial charge in [-0.05, 0) is 0 Å². The van der Waals surface area contributed by atoms with Gasteiger partial charge in [0.05, 0.1) is 0 Å². The molecular formula is C14H19BrO9. The number of hydrogen-bond donors (Lipinski definition) is 0. The van der Waals surface area contributed by atoms with E-state index in [0.29, 0.717) is 0 Å². The van der Waals surface area contributed by atoms with Crippen LogP contribution in [-0.2, 0) is 42.9 Å². The van der Waals surface area contributed by atoms with Crippen molar-refractivity contribution in [2.45, 2.75) is 57.1 Å². The van der Waals surface area contributed by atoms with E-state index in [0.717, 1.165) is 13.8 Å². The molecule has 1 aliphatic heterocycles. The van der Waals surface area contributed by atoms with Gasteiger partial charge in [-0.15, -0.1) is 0 Å². The Morgan fingerprint density at radius 2 is 1.25 bits per heavy atom. The Morgan fingerprint density at radius 3 is 1.71 bits per heavy atom. The first-order chi connectivity index (χ1) is 11.1. The first-order valence-corrected chi connectivity index (χ1v) is 7.98. The molecule has 0 aromatic rings. The second-order valence-electron chi connectivity index (χ2n) is 5.05. The number of rotatable bonds is 5. The number of ether oxygens (including phenoxy) is 5. The van der Waals surface area contributed by atoms with Crippen LogP contribution in [0.15, 0.2) is 0 Å². The smallest absolute Gasteiger partial charge is 0.303 e. The van der Waals surface area contributed by atoms with Gasteiger partial charge < -0.3 is 23.7 Å². The van der Waals surface area contributed by atoms with Gasteiger partial charge in [-0.25, -0.2) is 0 Å². The van der Waals surface area contributed by atoms with Crippen LogP contribution < -0.4 is 0 Å². The second-order valence-corrected chi connectivity index (χ2v) is 5.95. The zero-order chi connectivity index (χ0) is 18.4. The fourth-order valence-corrected chi connectivity index (χ4v) is 2.86. The van der Waals surface area contributed by atoms with Crippen LogP contribution in [0, 0.1) is 0 Å². The first kappa shape index (κ1) is 20.4. The molecule has 0 saturated carbocycles. The van der Waals surface area contributed by atoms with E-state index in [1.165, 1.54) is 13.8 Å². The molecule has 9 nitrogen and oxygen atoms in total. The van der Waals surface area contributed by atoms with Crippen LogP contribution in [0.3, 0.4) is 0 Å². The molecule has 5 atom stereocenters. The van der Waals surface area contributed by atoms with Crippen LogP contribution in [0.4, 0.5) is 0 Å². The van der Waals surface area contributed by atoms with Crippen LogP contribution in [0.1, 0.15) is 27.7 Å². The molecule has 0 aromatic carbocycles. The lowest BCUT2D eigenvalue weighted by molar-refractivity contribution is -0.236. The summed E-state index contributed by atoms with van der Waals surface area (Å²) in [5.41, 5.74) is 0. The Balaban J connectivity index is 3.11. The predicted molar refractivity (Wildman–Crippen MR) is 80.9 cm³/mol. The van der Waals surface area contributed by atoms with Crippen molar-refractivity contribution < 1.29 is 42.9 Å². The summed E-state index contributed by atoms with van der Waals surface area (Å²) in [4.78, 5) is 45.1. The molecule has 0 amide bonds. The van der Waals surface area contributed by atoms with Crippen molar-refractivity contribution in [2.24, 2.45) is 0 Å². The van der Waals surface area contributed by atoms with Crippen LogP contribution in [0.2, 0.25) is 0 Å². The summed E-state index contributed by atoms with van der Waals surface area (Å²) in [7, 11) is 0. The summed E-state index contributed by atoms with van der Waals surface area (Å²) in [5, 5.41) is -0.863. The van der Waals surface area contributed by atoms with Gasteiger partial charge in [0.1, 0.15) is 12.7 Å². The average Bonchev–Trinajstić information content (AvgIpc) is 2.42. The maximum atomic E-state index is 11.4. The minimum absolute atomic E-state index is 0.236. The Labute approximate surface area is 147 Å². The maximum Gasteiger partial charge on any atom is 0.303 e. The molecule has 1 fully saturated rings. The van der Waals surface area contributed by atoms with Crippen molar-refractivity contribution in [3.05, 3.63) is 0 Å². The fourth-order valence-electron chi connectivity index (χ4n) is 2.18. The molecule has 0 N–H and O–H groups in total. The summed E-state index contributed by atoms with van der Waals surface area (Å²) < 4.78 is 25.9. The molecule has 1 aliphatic rings. The molecule has 1 rings (SSSR count). The summed E-state index contributed by atoms with van der Waals surface area (Å²) in [6.45, 7) is 4.47. The molecule has 1 heterocycles. The van der Waals surface area contributed by atoms with Gasteiger partial charge in [0.25, 0.3) is 0 Å². The number of carbonyl (C=O) groups excluding carboxylic acids is 4. The molecule has 0 radical (unpaired) electrons. The largest absolute Gasteiger partial charge is 0.463 e. The lowest BCUT2D eigenvalue weighted by Gasteiger charge is -2.42. The van der Waals surface area contributed by atoms with E-state index in [4.69, 9.17) is 23.7 Å². The standard InChI is InChI=1S/C14H19BrO9/c1-6(16)20-5-10-11(21-7(2)17)12(22-8(3)18)13(14(15)24-10)23-9(4)19/h10-14H,5H2,1-4H3/t10-,11+,12-,13+,14+/m0/s1. The molecule has 0 aromatic heterocycles. The summed E-state index contributed by atoms with van der Waals surface area (Å²) >= 11 is 3.18. The van der Waals surface area contributed by atoms with E-state index in [1.54, 1.807) is 0 Å². The lowest BCUT2D eigenvalue weighted by atomic mass is 9.99. The highest BCUT2D eigenvalue weighted by Gasteiger charge is 2.51. The number of esters is 4. The maximum absolute atomic E-state index is 11.4. The minimum atomic E-state index is -1.13. The van der Waals surface area contributed by atoms with Crippen LogP contribution in [0.25, 0.3) is 0 Å². The number of halogens is 1. The van der Waals surface area contributed by atoms with Crippen molar-refractivity contribution in [2.75, 3.05) is 6.61 Å². The molecule has 1 saturated heterocycles. The first-order valence-electron chi connectivity index (χ1n) is 7.06. The van der Waals surface area contributed by atoms with Gasteiger partial charge in [-0.1, -0.05) is 15.9 Å². The quantitative estimate of drug-likeness (QED) is 0.362. The van der Waals surface area contributed by atoms with E-state index < -0.39 is 53.3 Å². The van der Waals surface area contributed by atoms with Crippen LogP contribution in [-0.4, -0.2) is 59.9 Å². The zero-order valence-electron chi connectivity index (χ0n) is 13.6. The van der Waals surface area contributed by atoms with Crippen LogP contribution in [0.5, 0.6) is 0 Å². The highest BCUT2D eigenvalue weighted by Crippen LogP contribution is 2.31. The van der Waals surface area contributed by atoms with Gasteiger partial charge in [0.15, 0.2) is 23.3 Å². The van der Waals surface area contributed by atoms with Crippen molar-refractivity contribution in [3.8, 4) is 0 Å². The van der Waals surface area contributed by atoms with Crippen molar-refractivity contribution in [1.29, 1.82) is 0 Å². The van der Waals surface area contributed by atoms with E-state index in [9.17, 15) is 19.2 Å². The normalized spacial score (nSPS) is 29.3. The number of hydrogen-bond acceptors (Lipinski definition) is 9. The highest BCUT2D eigenvalue weighted by molar-refractivity contribution is 9.09. The zero-order valence-corrected chi connectivity index (χ0v) is 15.2. The molecule has 0 aliphatic carbocycles. The minimum Gasteiger partial charge on any atom is -0.463 e. The lowest BCUT2D eigenvalue weighted by Crippen LogP contribution is -2.60. The second kappa shape index (κ2) is 8.97. The van der Waals surface area contributed by atoms with E-state index in [1.807, 2.05) is 0 Å². The van der Waals surface area contributed by atoms with Gasteiger partial charge in [-0.3, -0.25) is 19.2 Å². The molecule has 0 bridgehead atoms. The van der Waals surface area contributed by atoms with E-state index in [-0.39, 0.29) is 6.61 Å². The third-order valence-electron chi connectivity index (χ3n) is 2.93. The molecular weight excluding hydrogens is 392 g/mol. The molecule has 0 spiro atoms. The van der Waals surface area contributed by atoms with Crippen LogP contribution >= 0.6 is 15.9 Å². The van der Waals surface area contributed by atoms with Crippen molar-refractivity contribution >= 4 is 39.8 Å². The molecule has 10 heteroatoms. The number of carbonyl (C=O) groups is 4. The average molecular weight is 411 g/mol. The third kappa shape index (κ3) is 6.08. The topological polar surface area (TPSA) is 114 Å². The molecule has 0 unspecified atom stereocenters. The Bertz CT molecular complexity index is 506. The Morgan fingerprint density at radius 1 is 0.792 bits per heavy atom. The van der Waals surface area contributed by atoms with Crippen molar-refractivity contribution in [3.63, 3.8) is 0 Å². The van der Waals surface area contributed by atoms with Gasteiger partial charge in [0, 0.05) is 27.7 Å². The SMILES string of the molecule is CC(=O)OC[C@@H]1O[C@@H](Br)[C@H](OC(C)=O)[C@@H](OC(C)=O)[C@@H]1OC(C)=O. The van der Waals surface area contributed by atoms with E-state index in [2.05, 4.69) is 15.9 Å². The predicted octanol–water partition coefficient (Wildman–Crippen LogP) is 0.464. The van der Waals surface area contributed by atoms with Gasteiger partial charge in [-0.2, -0.15) is 0 Å². The fraction of sp³-hybridized carbons (Fsp3) is 0.714.